The van der Waals surface area contributed by atoms with Crippen molar-refractivity contribution in [3.8, 4) is 0 Å². The first-order valence-corrected chi connectivity index (χ1v) is 8.35. The van der Waals surface area contributed by atoms with E-state index in [1.165, 1.54) is 13.8 Å². The van der Waals surface area contributed by atoms with Crippen LogP contribution in [0.1, 0.15) is 24.2 Å². The van der Waals surface area contributed by atoms with E-state index >= 15 is 0 Å². The molecule has 3 N–H and O–H groups in total. The van der Waals surface area contributed by atoms with E-state index in [-0.39, 0.29) is 11.7 Å². The molecule has 3 rings (SSSR count). The van der Waals surface area contributed by atoms with E-state index in [9.17, 15) is 9.59 Å². The summed E-state index contributed by atoms with van der Waals surface area (Å²) in [5.74, 6) is 0.970. The van der Waals surface area contributed by atoms with Gasteiger partial charge in [0.25, 0.3) is 0 Å². The van der Waals surface area contributed by atoms with Crippen LogP contribution in [0.3, 0.4) is 0 Å². The van der Waals surface area contributed by atoms with E-state index in [4.69, 9.17) is 0 Å². The van der Waals surface area contributed by atoms with Crippen LogP contribution in [0.4, 0.5) is 28.8 Å². The summed E-state index contributed by atoms with van der Waals surface area (Å²) in [5.41, 5.74) is 3.00. The van der Waals surface area contributed by atoms with Gasteiger partial charge in [0.05, 0.1) is 0 Å². The topological polar surface area (TPSA) is 96.0 Å². The minimum Gasteiger partial charge on any atom is -0.340 e. The Kier molecular flexibility index (Phi) is 5.41. The van der Waals surface area contributed by atoms with Gasteiger partial charge in [-0.2, -0.15) is 4.98 Å². The number of hydrogen-bond acceptors (Lipinski definition) is 6. The number of hydrogen-bond donors (Lipinski definition) is 3. The molecule has 0 aliphatic rings. The maximum Gasteiger partial charge on any atom is 0.229 e. The van der Waals surface area contributed by atoms with Crippen LogP contribution in [0.15, 0.2) is 60.8 Å². The van der Waals surface area contributed by atoms with Crippen molar-refractivity contribution in [2.75, 3.05) is 16.0 Å². The molecule has 0 radical (unpaired) electrons. The SMILES string of the molecule is CC(=O)Nc1ccc(Nc2ccnc(Nc3ccc(C(C)=O)cc3)n2)cc1. The second-order valence-electron chi connectivity index (χ2n) is 5.91. The summed E-state index contributed by atoms with van der Waals surface area (Å²) in [6.07, 6.45) is 1.65. The number of Topliss-reactive ketones (excluding diaryl/α,β-unsaturated/α-hetero) is 1. The van der Waals surface area contributed by atoms with Gasteiger partial charge < -0.3 is 16.0 Å². The van der Waals surface area contributed by atoms with Gasteiger partial charge in [0, 0.05) is 35.7 Å². The molecule has 7 nitrogen and oxygen atoms in total. The van der Waals surface area contributed by atoms with Crippen LogP contribution in [0.5, 0.6) is 0 Å². The Morgan fingerprint density at radius 3 is 2.00 bits per heavy atom. The first-order valence-electron chi connectivity index (χ1n) is 8.35. The molecule has 2 aromatic carbocycles. The number of rotatable bonds is 6. The van der Waals surface area contributed by atoms with Gasteiger partial charge in [0.2, 0.25) is 11.9 Å². The average Bonchev–Trinajstić information content (AvgIpc) is 2.64. The molecule has 0 aliphatic carbocycles. The summed E-state index contributed by atoms with van der Waals surface area (Å²) in [4.78, 5) is 31.0. The fraction of sp³-hybridized carbons (Fsp3) is 0.100. The Bertz CT molecular complexity index is 953. The number of aromatic nitrogens is 2. The Balaban J connectivity index is 1.68. The van der Waals surface area contributed by atoms with Gasteiger partial charge in [0.1, 0.15) is 5.82 Å². The Labute approximate surface area is 156 Å². The van der Waals surface area contributed by atoms with Gasteiger partial charge >= 0.3 is 0 Å². The number of carbonyl (C=O) groups is 2. The number of ketones is 1. The van der Waals surface area contributed by atoms with Gasteiger partial charge in [-0.05, 0) is 61.5 Å². The lowest BCUT2D eigenvalue weighted by Gasteiger charge is -2.09. The van der Waals surface area contributed by atoms with Gasteiger partial charge in [-0.15, -0.1) is 0 Å². The molecular formula is C20H19N5O2. The van der Waals surface area contributed by atoms with E-state index in [0.29, 0.717) is 17.3 Å². The van der Waals surface area contributed by atoms with Crippen molar-refractivity contribution in [1.29, 1.82) is 0 Å². The zero-order chi connectivity index (χ0) is 19.2. The number of nitrogens with zero attached hydrogens (tertiary/aromatic N) is 2. The minimum absolute atomic E-state index is 0.0218. The van der Waals surface area contributed by atoms with E-state index in [2.05, 4.69) is 25.9 Å². The normalized spacial score (nSPS) is 10.1. The Hall–Kier alpha value is -3.74. The average molecular weight is 361 g/mol. The van der Waals surface area contributed by atoms with E-state index < -0.39 is 0 Å². The Morgan fingerprint density at radius 1 is 0.778 bits per heavy atom. The molecular weight excluding hydrogens is 342 g/mol. The molecule has 1 aromatic heterocycles. The van der Waals surface area contributed by atoms with Crippen molar-refractivity contribution in [2.24, 2.45) is 0 Å². The van der Waals surface area contributed by atoms with Crippen LogP contribution < -0.4 is 16.0 Å². The van der Waals surface area contributed by atoms with Crippen molar-refractivity contribution in [3.05, 3.63) is 66.4 Å². The molecule has 1 heterocycles. The molecule has 27 heavy (non-hydrogen) atoms. The van der Waals surface area contributed by atoms with Crippen LogP contribution in [0.25, 0.3) is 0 Å². The summed E-state index contributed by atoms with van der Waals surface area (Å²) in [7, 11) is 0. The summed E-state index contributed by atoms with van der Waals surface area (Å²) in [5, 5.41) is 9.01. The molecule has 3 aromatic rings. The van der Waals surface area contributed by atoms with Gasteiger partial charge in [-0.3, -0.25) is 9.59 Å². The predicted octanol–water partition coefficient (Wildman–Crippen LogP) is 4.12. The van der Waals surface area contributed by atoms with Crippen molar-refractivity contribution in [3.63, 3.8) is 0 Å². The van der Waals surface area contributed by atoms with Crippen molar-refractivity contribution in [1.82, 2.24) is 9.97 Å². The van der Waals surface area contributed by atoms with Crippen LogP contribution in [0.2, 0.25) is 0 Å². The highest BCUT2D eigenvalue weighted by Gasteiger charge is 2.03. The second-order valence-corrected chi connectivity index (χ2v) is 5.91. The number of amides is 1. The molecule has 0 spiro atoms. The molecule has 0 atom stereocenters. The van der Waals surface area contributed by atoms with Crippen molar-refractivity contribution < 1.29 is 9.59 Å². The fourth-order valence-corrected chi connectivity index (χ4v) is 2.39. The lowest BCUT2D eigenvalue weighted by atomic mass is 10.1. The minimum atomic E-state index is -0.112. The van der Waals surface area contributed by atoms with Gasteiger partial charge in [0.15, 0.2) is 5.78 Å². The first-order chi connectivity index (χ1) is 13.0. The lowest BCUT2D eigenvalue weighted by molar-refractivity contribution is -0.114. The van der Waals surface area contributed by atoms with Gasteiger partial charge in [-0.25, -0.2) is 4.98 Å². The third-order valence-corrected chi connectivity index (χ3v) is 3.68. The standard InChI is InChI=1S/C20H19N5O2/c1-13(26)15-3-5-18(6-4-15)24-20-21-12-11-19(25-20)23-17-9-7-16(8-10-17)22-14(2)27/h3-12H,1-2H3,(H,22,27)(H2,21,23,24,25). The summed E-state index contributed by atoms with van der Waals surface area (Å²) < 4.78 is 0. The molecule has 0 saturated carbocycles. The molecule has 1 amide bonds. The predicted molar refractivity (Wildman–Crippen MR) is 106 cm³/mol. The smallest absolute Gasteiger partial charge is 0.229 e. The quantitative estimate of drug-likeness (QED) is 0.572. The molecule has 7 heteroatoms. The zero-order valence-corrected chi connectivity index (χ0v) is 15.0. The van der Waals surface area contributed by atoms with Crippen LogP contribution in [-0.4, -0.2) is 21.7 Å². The molecule has 136 valence electrons. The summed E-state index contributed by atoms with van der Waals surface area (Å²) >= 11 is 0. The van der Waals surface area contributed by atoms with E-state index in [0.717, 1.165) is 17.1 Å². The Morgan fingerprint density at radius 2 is 1.37 bits per heavy atom. The first kappa shape index (κ1) is 18.1. The number of nitrogens with one attached hydrogen (secondary N) is 3. The maximum atomic E-state index is 11.3. The summed E-state index contributed by atoms with van der Waals surface area (Å²) in [6.45, 7) is 3.00. The van der Waals surface area contributed by atoms with E-state index in [1.807, 2.05) is 12.1 Å². The lowest BCUT2D eigenvalue weighted by Crippen LogP contribution is -2.05. The van der Waals surface area contributed by atoms with Crippen LogP contribution >= 0.6 is 0 Å². The number of anilines is 5. The third-order valence-electron chi connectivity index (χ3n) is 3.68. The highest BCUT2D eigenvalue weighted by molar-refractivity contribution is 5.94. The van der Waals surface area contributed by atoms with E-state index in [1.54, 1.807) is 48.7 Å². The van der Waals surface area contributed by atoms with Crippen molar-refractivity contribution >= 4 is 40.5 Å². The molecule has 0 bridgehead atoms. The highest BCUT2D eigenvalue weighted by Crippen LogP contribution is 2.19. The fourth-order valence-electron chi connectivity index (χ4n) is 2.39. The van der Waals surface area contributed by atoms with Gasteiger partial charge in [-0.1, -0.05) is 0 Å². The van der Waals surface area contributed by atoms with Crippen molar-refractivity contribution in [2.45, 2.75) is 13.8 Å². The summed E-state index contributed by atoms with van der Waals surface area (Å²) in [6, 6.07) is 16.2. The second kappa shape index (κ2) is 8.09. The number of carbonyl (C=O) groups excluding carboxylic acids is 2. The van der Waals surface area contributed by atoms with Crippen LogP contribution in [0, 0.1) is 0 Å². The largest absolute Gasteiger partial charge is 0.340 e. The van der Waals surface area contributed by atoms with Crippen LogP contribution in [-0.2, 0) is 4.79 Å². The highest BCUT2D eigenvalue weighted by atomic mass is 16.1. The maximum absolute atomic E-state index is 11.3. The molecule has 0 saturated heterocycles. The monoisotopic (exact) mass is 361 g/mol. The molecule has 0 aliphatic heterocycles. The molecule has 0 fully saturated rings. The zero-order valence-electron chi connectivity index (χ0n) is 15.0. The number of benzene rings is 2. The third kappa shape index (κ3) is 5.12. The molecule has 0 unspecified atom stereocenters.